The van der Waals surface area contributed by atoms with Crippen molar-refractivity contribution < 1.29 is 14.3 Å². The Morgan fingerprint density at radius 2 is 2.00 bits per heavy atom. The second-order valence-electron chi connectivity index (χ2n) is 4.84. The van der Waals surface area contributed by atoms with Gasteiger partial charge in [-0.3, -0.25) is 0 Å². The van der Waals surface area contributed by atoms with Crippen LogP contribution >= 0.6 is 0 Å². The second-order valence-corrected chi connectivity index (χ2v) is 4.84. The summed E-state index contributed by atoms with van der Waals surface area (Å²) in [4.78, 5) is 23.4. The van der Waals surface area contributed by atoms with Crippen LogP contribution in [-0.4, -0.2) is 18.6 Å². The molecule has 0 bridgehead atoms. The average Bonchev–Trinajstić information content (AvgIpc) is 2.73. The average molecular weight is 258 g/mol. The Bertz CT molecular complexity index is 619. The summed E-state index contributed by atoms with van der Waals surface area (Å²) in [5, 5.41) is 5.39. The van der Waals surface area contributed by atoms with Crippen LogP contribution in [0.5, 0.6) is 0 Å². The number of esters is 1. The monoisotopic (exact) mass is 258 g/mol. The molecule has 0 saturated heterocycles. The molecular weight excluding hydrogens is 244 g/mol. The third kappa shape index (κ3) is 1.87. The molecule has 98 valence electrons. The molecule has 19 heavy (non-hydrogen) atoms. The SMILES string of the molecule is Cc1ccc([C@H]2NC(=O)NC3=C2C(=O)OC3)cc1C. The van der Waals surface area contributed by atoms with Gasteiger partial charge in [-0.1, -0.05) is 18.2 Å². The summed E-state index contributed by atoms with van der Waals surface area (Å²) in [5.41, 5.74) is 4.26. The highest BCUT2D eigenvalue weighted by atomic mass is 16.5. The van der Waals surface area contributed by atoms with Crippen molar-refractivity contribution in [2.75, 3.05) is 6.61 Å². The van der Waals surface area contributed by atoms with Gasteiger partial charge in [0.25, 0.3) is 0 Å². The number of ether oxygens (including phenoxy) is 1. The number of carbonyl (C=O) groups is 2. The Kier molecular flexibility index (Phi) is 2.55. The second kappa shape index (κ2) is 4.12. The summed E-state index contributed by atoms with van der Waals surface area (Å²) < 4.78 is 4.99. The molecule has 5 nitrogen and oxygen atoms in total. The molecule has 0 unspecified atom stereocenters. The lowest BCUT2D eigenvalue weighted by Crippen LogP contribution is -2.44. The molecule has 1 atom stereocenters. The normalized spacial score (nSPS) is 21.7. The van der Waals surface area contributed by atoms with Crippen molar-refractivity contribution in [2.24, 2.45) is 0 Å². The van der Waals surface area contributed by atoms with E-state index in [0.717, 1.165) is 11.1 Å². The Balaban J connectivity index is 2.07. The standard InChI is InChI=1S/C14H14N2O3/c1-7-3-4-9(5-8(7)2)12-11-10(6-19-13(11)17)15-14(18)16-12/h3-5,12H,6H2,1-2H3,(H2,15,16,18)/t12-/m1/s1. The van der Waals surface area contributed by atoms with Crippen LogP contribution in [0.25, 0.3) is 0 Å². The summed E-state index contributed by atoms with van der Waals surface area (Å²) in [6, 6.07) is 5.16. The lowest BCUT2D eigenvalue weighted by molar-refractivity contribution is -0.136. The van der Waals surface area contributed by atoms with Crippen LogP contribution < -0.4 is 10.6 Å². The number of rotatable bonds is 1. The third-order valence-corrected chi connectivity index (χ3v) is 3.59. The largest absolute Gasteiger partial charge is 0.456 e. The van der Waals surface area contributed by atoms with Gasteiger partial charge >= 0.3 is 12.0 Å². The zero-order valence-electron chi connectivity index (χ0n) is 10.7. The molecule has 0 fully saturated rings. The molecule has 0 saturated carbocycles. The van der Waals surface area contributed by atoms with E-state index in [1.165, 1.54) is 5.56 Å². The fourth-order valence-corrected chi connectivity index (χ4v) is 2.38. The van der Waals surface area contributed by atoms with Gasteiger partial charge in [0.05, 0.1) is 17.3 Å². The number of hydrogen-bond donors (Lipinski definition) is 2. The summed E-state index contributed by atoms with van der Waals surface area (Å²) in [7, 11) is 0. The van der Waals surface area contributed by atoms with E-state index in [-0.39, 0.29) is 18.6 Å². The van der Waals surface area contributed by atoms with Gasteiger partial charge in [-0.05, 0) is 30.5 Å². The molecule has 1 aromatic carbocycles. The van der Waals surface area contributed by atoms with E-state index >= 15 is 0 Å². The van der Waals surface area contributed by atoms with Gasteiger partial charge < -0.3 is 15.4 Å². The topological polar surface area (TPSA) is 67.4 Å². The van der Waals surface area contributed by atoms with Gasteiger partial charge in [-0.25, -0.2) is 9.59 Å². The fourth-order valence-electron chi connectivity index (χ4n) is 2.38. The smallest absolute Gasteiger partial charge is 0.338 e. The van der Waals surface area contributed by atoms with E-state index in [1.807, 2.05) is 32.0 Å². The molecule has 3 rings (SSSR count). The Morgan fingerprint density at radius 3 is 2.74 bits per heavy atom. The highest BCUT2D eigenvalue weighted by molar-refractivity contribution is 5.97. The maximum atomic E-state index is 11.8. The van der Waals surface area contributed by atoms with Gasteiger partial charge in [0.2, 0.25) is 0 Å². The van der Waals surface area contributed by atoms with Crippen molar-refractivity contribution >= 4 is 12.0 Å². The van der Waals surface area contributed by atoms with Crippen LogP contribution in [0.15, 0.2) is 29.5 Å². The van der Waals surface area contributed by atoms with E-state index in [4.69, 9.17) is 4.74 Å². The summed E-state index contributed by atoms with van der Waals surface area (Å²) in [5.74, 6) is -0.370. The van der Waals surface area contributed by atoms with Crippen molar-refractivity contribution in [3.8, 4) is 0 Å². The lowest BCUT2D eigenvalue weighted by Gasteiger charge is -2.25. The number of cyclic esters (lactones) is 1. The molecule has 2 aliphatic heterocycles. The first kappa shape index (κ1) is 11.8. The van der Waals surface area contributed by atoms with E-state index in [0.29, 0.717) is 11.3 Å². The number of amides is 2. The van der Waals surface area contributed by atoms with Gasteiger partial charge in [0.1, 0.15) is 6.61 Å². The first-order valence-corrected chi connectivity index (χ1v) is 6.11. The molecule has 0 spiro atoms. The van der Waals surface area contributed by atoms with E-state index < -0.39 is 6.04 Å². The van der Waals surface area contributed by atoms with Gasteiger partial charge in [-0.15, -0.1) is 0 Å². The number of nitrogens with one attached hydrogen (secondary N) is 2. The number of aryl methyl sites for hydroxylation is 2. The van der Waals surface area contributed by atoms with Crippen LogP contribution in [0, 0.1) is 13.8 Å². The van der Waals surface area contributed by atoms with Gasteiger partial charge in [-0.2, -0.15) is 0 Å². The molecular formula is C14H14N2O3. The maximum absolute atomic E-state index is 11.8. The summed E-state index contributed by atoms with van der Waals surface area (Å²) >= 11 is 0. The zero-order valence-corrected chi connectivity index (χ0v) is 10.7. The number of carbonyl (C=O) groups excluding carboxylic acids is 2. The highest BCUT2D eigenvalue weighted by Crippen LogP contribution is 2.31. The number of hydrogen-bond acceptors (Lipinski definition) is 3. The Morgan fingerprint density at radius 1 is 1.21 bits per heavy atom. The molecule has 5 heteroatoms. The van der Waals surface area contributed by atoms with Crippen molar-refractivity contribution in [1.29, 1.82) is 0 Å². The van der Waals surface area contributed by atoms with Crippen molar-refractivity contribution in [1.82, 2.24) is 10.6 Å². The van der Waals surface area contributed by atoms with Crippen molar-refractivity contribution in [3.05, 3.63) is 46.2 Å². The Hall–Kier alpha value is -2.30. The van der Waals surface area contributed by atoms with E-state index in [2.05, 4.69) is 10.6 Å². The quantitative estimate of drug-likeness (QED) is 0.749. The predicted molar refractivity (Wildman–Crippen MR) is 68.3 cm³/mol. The maximum Gasteiger partial charge on any atom is 0.338 e. The highest BCUT2D eigenvalue weighted by Gasteiger charge is 2.37. The molecule has 2 aliphatic rings. The molecule has 2 N–H and O–H groups in total. The zero-order chi connectivity index (χ0) is 13.6. The van der Waals surface area contributed by atoms with Crippen molar-refractivity contribution in [3.63, 3.8) is 0 Å². The lowest BCUT2D eigenvalue weighted by atomic mass is 9.94. The van der Waals surface area contributed by atoms with E-state index in [1.54, 1.807) is 0 Å². The first-order chi connectivity index (χ1) is 9.06. The van der Waals surface area contributed by atoms with Crippen LogP contribution in [0.2, 0.25) is 0 Å². The van der Waals surface area contributed by atoms with Crippen LogP contribution in [0.1, 0.15) is 22.7 Å². The molecule has 0 aliphatic carbocycles. The van der Waals surface area contributed by atoms with E-state index in [9.17, 15) is 9.59 Å². The molecule has 0 radical (unpaired) electrons. The third-order valence-electron chi connectivity index (χ3n) is 3.59. The number of benzene rings is 1. The van der Waals surface area contributed by atoms with Crippen LogP contribution in [0.4, 0.5) is 4.79 Å². The summed E-state index contributed by atoms with van der Waals surface area (Å²) in [6.07, 6.45) is 0. The first-order valence-electron chi connectivity index (χ1n) is 6.11. The number of urea groups is 1. The van der Waals surface area contributed by atoms with Crippen LogP contribution in [-0.2, 0) is 9.53 Å². The van der Waals surface area contributed by atoms with Crippen molar-refractivity contribution in [2.45, 2.75) is 19.9 Å². The molecule has 1 aromatic rings. The Labute approximate surface area is 110 Å². The predicted octanol–water partition coefficient (Wildman–Crippen LogP) is 1.47. The fraction of sp³-hybridized carbons (Fsp3) is 0.286. The molecule has 0 aromatic heterocycles. The minimum atomic E-state index is -0.432. The van der Waals surface area contributed by atoms with Gasteiger partial charge in [0, 0.05) is 0 Å². The van der Waals surface area contributed by atoms with Crippen LogP contribution in [0.3, 0.4) is 0 Å². The summed E-state index contributed by atoms with van der Waals surface area (Å²) in [6.45, 7) is 4.17. The van der Waals surface area contributed by atoms with Gasteiger partial charge in [0.15, 0.2) is 0 Å². The molecule has 2 heterocycles. The minimum absolute atomic E-state index is 0.142. The minimum Gasteiger partial charge on any atom is -0.456 e. The molecule has 2 amide bonds.